The summed E-state index contributed by atoms with van der Waals surface area (Å²) in [5.74, 6) is 0.746. The highest BCUT2D eigenvalue weighted by molar-refractivity contribution is 5.81. The third-order valence-electron chi connectivity index (χ3n) is 4.83. The van der Waals surface area contributed by atoms with Gasteiger partial charge in [0.25, 0.3) is 0 Å². The van der Waals surface area contributed by atoms with E-state index >= 15 is 0 Å². The van der Waals surface area contributed by atoms with Crippen molar-refractivity contribution in [3.05, 3.63) is 42.1 Å². The van der Waals surface area contributed by atoms with Crippen molar-refractivity contribution in [2.75, 3.05) is 13.1 Å². The van der Waals surface area contributed by atoms with Gasteiger partial charge in [-0.25, -0.2) is 0 Å². The van der Waals surface area contributed by atoms with Crippen LogP contribution in [0.2, 0.25) is 0 Å². The molecule has 1 aliphatic rings. The van der Waals surface area contributed by atoms with Gasteiger partial charge in [-0.15, -0.1) is 0 Å². The van der Waals surface area contributed by atoms with Crippen LogP contribution in [-0.4, -0.2) is 34.9 Å². The number of carbonyl (C=O) groups excluding carboxylic acids is 1. The van der Waals surface area contributed by atoms with Crippen molar-refractivity contribution >= 4 is 16.8 Å². The van der Waals surface area contributed by atoms with Crippen molar-refractivity contribution in [1.29, 1.82) is 0 Å². The molecule has 4 nitrogen and oxygen atoms in total. The predicted molar refractivity (Wildman–Crippen MR) is 93.0 cm³/mol. The Kier molecular flexibility index (Phi) is 4.91. The second-order valence-corrected chi connectivity index (χ2v) is 6.44. The highest BCUT2D eigenvalue weighted by Gasteiger charge is 2.27. The van der Waals surface area contributed by atoms with E-state index in [9.17, 15) is 4.79 Å². The van der Waals surface area contributed by atoms with Gasteiger partial charge in [-0.2, -0.15) is 0 Å². The molecule has 0 aliphatic carbocycles. The zero-order valence-electron chi connectivity index (χ0n) is 14.0. The number of pyridine rings is 1. The lowest BCUT2D eigenvalue weighted by Crippen LogP contribution is -2.49. The first-order chi connectivity index (χ1) is 11.2. The lowest BCUT2D eigenvalue weighted by molar-refractivity contribution is -0.132. The van der Waals surface area contributed by atoms with E-state index < -0.39 is 0 Å². The van der Waals surface area contributed by atoms with Gasteiger partial charge in [0.1, 0.15) is 0 Å². The summed E-state index contributed by atoms with van der Waals surface area (Å²) in [6, 6.07) is 10.9. The Labute approximate surface area is 137 Å². The quantitative estimate of drug-likeness (QED) is 0.944. The van der Waals surface area contributed by atoms with Gasteiger partial charge >= 0.3 is 0 Å². The summed E-state index contributed by atoms with van der Waals surface area (Å²) < 4.78 is 0. The molecule has 0 bridgehead atoms. The summed E-state index contributed by atoms with van der Waals surface area (Å²) in [5, 5.41) is 4.86. The van der Waals surface area contributed by atoms with E-state index in [0.29, 0.717) is 18.4 Å². The van der Waals surface area contributed by atoms with Crippen LogP contribution in [0.5, 0.6) is 0 Å². The van der Waals surface area contributed by atoms with Crippen LogP contribution in [0, 0.1) is 5.92 Å². The number of hydrogen-bond donors (Lipinski definition) is 1. The van der Waals surface area contributed by atoms with Crippen LogP contribution in [0.3, 0.4) is 0 Å². The van der Waals surface area contributed by atoms with Gasteiger partial charge in [0.2, 0.25) is 5.91 Å². The number of aromatic nitrogens is 1. The van der Waals surface area contributed by atoms with Gasteiger partial charge in [-0.1, -0.05) is 38.1 Å². The molecule has 1 saturated heterocycles. The summed E-state index contributed by atoms with van der Waals surface area (Å²) in [6.07, 6.45) is 3.47. The number of amides is 1. The van der Waals surface area contributed by atoms with Gasteiger partial charge in [-0.3, -0.25) is 9.78 Å². The second-order valence-electron chi connectivity index (χ2n) is 6.44. The fraction of sp³-hybridized carbons (Fsp3) is 0.474. The molecular formula is C19H25N3O. The van der Waals surface area contributed by atoms with E-state index in [1.54, 1.807) is 0 Å². The first-order valence-corrected chi connectivity index (χ1v) is 8.52. The monoisotopic (exact) mass is 311 g/mol. The maximum Gasteiger partial charge on any atom is 0.222 e. The average Bonchev–Trinajstić information content (AvgIpc) is 2.60. The minimum atomic E-state index is 0.272. The van der Waals surface area contributed by atoms with Crippen molar-refractivity contribution in [1.82, 2.24) is 15.2 Å². The van der Waals surface area contributed by atoms with Crippen LogP contribution >= 0.6 is 0 Å². The summed E-state index contributed by atoms with van der Waals surface area (Å²) in [7, 11) is 0. The summed E-state index contributed by atoms with van der Waals surface area (Å²) in [5.41, 5.74) is 2.32. The fourth-order valence-electron chi connectivity index (χ4n) is 3.45. The van der Waals surface area contributed by atoms with E-state index in [-0.39, 0.29) is 5.91 Å². The molecule has 1 aliphatic heterocycles. The Morgan fingerprint density at radius 2 is 2.17 bits per heavy atom. The number of piperidine rings is 1. The van der Waals surface area contributed by atoms with E-state index in [1.807, 2.05) is 24.1 Å². The molecule has 1 aromatic heterocycles. The number of fused-ring (bicyclic) bond motifs is 1. The molecule has 2 unspecified atom stereocenters. The molecule has 23 heavy (non-hydrogen) atoms. The fourth-order valence-corrected chi connectivity index (χ4v) is 3.45. The Bertz CT molecular complexity index is 680. The molecule has 122 valence electrons. The molecule has 1 aromatic carbocycles. The summed E-state index contributed by atoms with van der Waals surface area (Å²) in [6.45, 7) is 6.71. The molecule has 1 amide bonds. The second kappa shape index (κ2) is 7.09. The Hall–Kier alpha value is -1.94. The highest BCUT2D eigenvalue weighted by atomic mass is 16.2. The SMILES string of the molecule is CCC(=O)N1CCC(NCc2cccc3cccnc23)C(C)C1. The number of nitrogens with zero attached hydrogens (tertiary/aromatic N) is 2. The number of likely N-dealkylation sites (tertiary alicyclic amines) is 1. The number of rotatable bonds is 4. The standard InChI is InChI=1S/C19H25N3O/c1-3-18(23)22-11-9-17(14(2)13-22)21-12-16-7-4-6-15-8-5-10-20-19(15)16/h4-8,10,14,17,21H,3,9,11-13H2,1-2H3. The van der Waals surface area contributed by atoms with Crippen LogP contribution in [-0.2, 0) is 11.3 Å². The Morgan fingerprint density at radius 1 is 1.35 bits per heavy atom. The lowest BCUT2D eigenvalue weighted by atomic mass is 9.93. The molecule has 4 heteroatoms. The van der Waals surface area contributed by atoms with Gasteiger partial charge in [0.05, 0.1) is 5.52 Å². The van der Waals surface area contributed by atoms with Crippen LogP contribution < -0.4 is 5.32 Å². The number of hydrogen-bond acceptors (Lipinski definition) is 3. The zero-order chi connectivity index (χ0) is 16.2. The maximum atomic E-state index is 11.8. The lowest BCUT2D eigenvalue weighted by Gasteiger charge is -2.37. The molecular weight excluding hydrogens is 286 g/mol. The molecule has 1 fully saturated rings. The molecule has 3 rings (SSSR count). The van der Waals surface area contributed by atoms with Crippen molar-refractivity contribution in [3.8, 4) is 0 Å². The predicted octanol–water partition coefficient (Wildman–Crippen LogP) is 2.97. The van der Waals surface area contributed by atoms with E-state index in [2.05, 4.69) is 41.5 Å². The van der Waals surface area contributed by atoms with E-state index in [0.717, 1.165) is 31.6 Å². The van der Waals surface area contributed by atoms with E-state index in [4.69, 9.17) is 0 Å². The van der Waals surface area contributed by atoms with Crippen LogP contribution in [0.15, 0.2) is 36.5 Å². The molecule has 2 atom stereocenters. The van der Waals surface area contributed by atoms with Gasteiger partial charge < -0.3 is 10.2 Å². The molecule has 0 radical (unpaired) electrons. The minimum absolute atomic E-state index is 0.272. The molecule has 0 saturated carbocycles. The van der Waals surface area contributed by atoms with Crippen LogP contribution in [0.25, 0.3) is 10.9 Å². The van der Waals surface area contributed by atoms with Gasteiger partial charge in [0.15, 0.2) is 0 Å². The van der Waals surface area contributed by atoms with Gasteiger partial charge in [0, 0.05) is 43.7 Å². The molecule has 2 heterocycles. The van der Waals surface area contributed by atoms with Crippen molar-refractivity contribution in [2.45, 2.75) is 39.3 Å². The zero-order valence-corrected chi connectivity index (χ0v) is 14.0. The van der Waals surface area contributed by atoms with Crippen molar-refractivity contribution in [3.63, 3.8) is 0 Å². The smallest absolute Gasteiger partial charge is 0.222 e. The number of benzene rings is 1. The average molecular weight is 311 g/mol. The van der Waals surface area contributed by atoms with Crippen LogP contribution in [0.4, 0.5) is 0 Å². The molecule has 2 aromatic rings. The largest absolute Gasteiger partial charge is 0.342 e. The number of nitrogens with one attached hydrogen (secondary N) is 1. The number of para-hydroxylation sites is 1. The third-order valence-corrected chi connectivity index (χ3v) is 4.83. The summed E-state index contributed by atoms with van der Waals surface area (Å²) in [4.78, 5) is 18.4. The van der Waals surface area contributed by atoms with Crippen molar-refractivity contribution in [2.24, 2.45) is 5.92 Å². The normalized spacial score (nSPS) is 21.6. The van der Waals surface area contributed by atoms with Crippen molar-refractivity contribution < 1.29 is 4.79 Å². The summed E-state index contributed by atoms with van der Waals surface area (Å²) >= 11 is 0. The topological polar surface area (TPSA) is 45.2 Å². The Balaban J connectivity index is 1.63. The van der Waals surface area contributed by atoms with Gasteiger partial charge in [-0.05, 0) is 24.0 Å². The van der Waals surface area contributed by atoms with E-state index in [1.165, 1.54) is 10.9 Å². The first-order valence-electron chi connectivity index (χ1n) is 8.52. The van der Waals surface area contributed by atoms with Crippen LogP contribution in [0.1, 0.15) is 32.3 Å². The number of carbonyl (C=O) groups is 1. The molecule has 0 spiro atoms. The minimum Gasteiger partial charge on any atom is -0.342 e. The highest BCUT2D eigenvalue weighted by Crippen LogP contribution is 2.20. The Morgan fingerprint density at radius 3 is 2.96 bits per heavy atom. The molecule has 1 N–H and O–H groups in total. The third kappa shape index (κ3) is 3.53. The maximum absolute atomic E-state index is 11.8. The first kappa shape index (κ1) is 15.9.